The highest BCUT2D eigenvalue weighted by atomic mass is 35.5. The van der Waals surface area contributed by atoms with Gasteiger partial charge in [0.15, 0.2) is 10.3 Å². The van der Waals surface area contributed by atoms with Gasteiger partial charge in [0.05, 0.1) is 23.0 Å². The molecule has 0 spiro atoms. The Balaban J connectivity index is 1.51. The highest BCUT2D eigenvalue weighted by Gasteiger charge is 2.24. The average molecular weight is 481 g/mol. The Bertz CT molecular complexity index is 974. The molecule has 7 nitrogen and oxygen atoms in total. The molecule has 0 aliphatic carbocycles. The number of nitrogens with zero attached hydrogens (tertiary/aromatic N) is 1. The number of nitrogens with one attached hydrogen (secondary N) is 3. The van der Waals surface area contributed by atoms with Gasteiger partial charge in [0.25, 0.3) is 10.0 Å². The van der Waals surface area contributed by atoms with Crippen LogP contribution in [0, 0.1) is 16.9 Å². The molecule has 1 saturated heterocycles. The normalized spacial score (nSPS) is 19.2. The van der Waals surface area contributed by atoms with E-state index in [0.29, 0.717) is 36.0 Å². The van der Waals surface area contributed by atoms with Crippen LogP contribution in [0.1, 0.15) is 25.7 Å². The predicted molar refractivity (Wildman–Crippen MR) is 114 cm³/mol. The zero-order valence-corrected chi connectivity index (χ0v) is 18.4. The highest BCUT2D eigenvalue weighted by Crippen LogP contribution is 2.30. The predicted octanol–water partition coefficient (Wildman–Crippen LogP) is 3.43. The molecule has 2 heterocycles. The summed E-state index contributed by atoms with van der Waals surface area (Å²) in [6.45, 7) is 2.04. The number of aromatic nitrogens is 1. The van der Waals surface area contributed by atoms with Crippen LogP contribution in [-0.4, -0.2) is 44.2 Å². The van der Waals surface area contributed by atoms with Crippen LogP contribution in [0.3, 0.4) is 0 Å². The molecule has 0 bridgehead atoms. The molecule has 0 saturated carbocycles. The largest absolute Gasteiger partial charge is 0.391 e. The Kier molecular flexibility index (Phi) is 7.86. The van der Waals surface area contributed by atoms with E-state index in [4.69, 9.17) is 11.6 Å². The number of hydrogen-bond donors (Lipinski definition) is 4. The number of aliphatic hydroxyl groups excluding tert-OH is 1. The number of anilines is 2. The first kappa shape index (κ1) is 23.1. The zero-order valence-electron chi connectivity index (χ0n) is 16.0. The van der Waals surface area contributed by atoms with Crippen molar-refractivity contribution >= 4 is 43.8 Å². The van der Waals surface area contributed by atoms with Gasteiger partial charge >= 0.3 is 0 Å². The topological polar surface area (TPSA) is 103 Å². The van der Waals surface area contributed by atoms with Crippen LogP contribution in [0.5, 0.6) is 0 Å². The lowest BCUT2D eigenvalue weighted by Crippen LogP contribution is -2.17. The lowest BCUT2D eigenvalue weighted by Gasteiger charge is -2.13. The Morgan fingerprint density at radius 1 is 1.27 bits per heavy atom. The van der Waals surface area contributed by atoms with Crippen molar-refractivity contribution < 1.29 is 22.3 Å². The lowest BCUT2D eigenvalue weighted by molar-refractivity contribution is 0.141. The highest BCUT2D eigenvalue weighted by molar-refractivity contribution is 7.93. The number of halogens is 3. The third kappa shape index (κ3) is 6.01. The summed E-state index contributed by atoms with van der Waals surface area (Å²) in [5.74, 6) is -0.681. The maximum atomic E-state index is 14.4. The van der Waals surface area contributed by atoms with E-state index in [0.717, 1.165) is 50.6 Å². The molecule has 1 aromatic heterocycles. The summed E-state index contributed by atoms with van der Waals surface area (Å²) in [6.07, 6.45) is 4.29. The summed E-state index contributed by atoms with van der Waals surface area (Å²) in [5, 5.41) is 15.1. The molecule has 1 aliphatic rings. The Morgan fingerprint density at radius 2 is 2.07 bits per heavy atom. The monoisotopic (exact) mass is 480 g/mol. The average Bonchev–Trinajstić information content (AvgIpc) is 3.27. The smallest absolute Gasteiger partial charge is 0.266 e. The van der Waals surface area contributed by atoms with Gasteiger partial charge in [0.1, 0.15) is 10.7 Å². The van der Waals surface area contributed by atoms with E-state index in [1.165, 1.54) is 0 Å². The number of benzene rings is 1. The zero-order chi connectivity index (χ0) is 21.7. The van der Waals surface area contributed by atoms with Gasteiger partial charge in [-0.15, -0.1) is 0 Å². The van der Waals surface area contributed by atoms with Gasteiger partial charge in [0.2, 0.25) is 0 Å². The first-order valence-electron chi connectivity index (χ1n) is 9.52. The van der Waals surface area contributed by atoms with Crippen LogP contribution in [-0.2, 0) is 10.0 Å². The minimum Gasteiger partial charge on any atom is -0.391 e. The third-order valence-corrected chi connectivity index (χ3v) is 7.38. The Labute approximate surface area is 182 Å². The van der Waals surface area contributed by atoms with Crippen LogP contribution < -0.4 is 15.4 Å². The van der Waals surface area contributed by atoms with Crippen LogP contribution >= 0.6 is 22.9 Å². The van der Waals surface area contributed by atoms with Gasteiger partial charge in [-0.25, -0.2) is 17.8 Å². The van der Waals surface area contributed by atoms with Crippen molar-refractivity contribution in [1.29, 1.82) is 0 Å². The fourth-order valence-electron chi connectivity index (χ4n) is 3.29. The second-order valence-corrected chi connectivity index (χ2v) is 10.1. The molecule has 0 amide bonds. The van der Waals surface area contributed by atoms with E-state index in [-0.39, 0.29) is 16.3 Å². The fourth-order valence-corrected chi connectivity index (χ4v) is 5.45. The summed E-state index contributed by atoms with van der Waals surface area (Å²) < 4.78 is 54.2. The van der Waals surface area contributed by atoms with Crippen LogP contribution in [0.15, 0.2) is 23.2 Å². The maximum Gasteiger partial charge on any atom is 0.266 e. The van der Waals surface area contributed by atoms with Gasteiger partial charge in [-0.1, -0.05) is 35.8 Å². The Hall–Kier alpha value is -1.53. The molecule has 1 fully saturated rings. The number of hydrogen-bond acceptors (Lipinski definition) is 7. The lowest BCUT2D eigenvalue weighted by atomic mass is 9.98. The first-order valence-corrected chi connectivity index (χ1v) is 12.2. The number of unbranched alkanes of at least 4 members (excludes halogenated alkanes) is 2. The van der Waals surface area contributed by atoms with Crippen molar-refractivity contribution in [2.45, 2.75) is 36.7 Å². The summed E-state index contributed by atoms with van der Waals surface area (Å²) in [7, 11) is -4.30. The van der Waals surface area contributed by atoms with Crippen LogP contribution in [0.25, 0.3) is 0 Å². The molecular formula is C18H23ClF2N4O3S2. The number of thiazole rings is 1. The molecule has 2 atom stereocenters. The summed E-state index contributed by atoms with van der Waals surface area (Å²) in [5.41, 5.74) is 0.295. The number of aliphatic hydroxyl groups is 1. The molecule has 166 valence electrons. The minimum atomic E-state index is -4.30. The van der Waals surface area contributed by atoms with Crippen LogP contribution in [0.2, 0.25) is 5.02 Å². The van der Waals surface area contributed by atoms with Gasteiger partial charge in [-0.3, -0.25) is 4.72 Å². The summed E-state index contributed by atoms with van der Waals surface area (Å²) in [6, 6.07) is 2.04. The van der Waals surface area contributed by atoms with E-state index in [2.05, 4.69) is 15.6 Å². The fraction of sp³-hybridized carbons (Fsp3) is 0.500. The summed E-state index contributed by atoms with van der Waals surface area (Å²) in [4.78, 5) is 2.92. The quantitative estimate of drug-likeness (QED) is 0.388. The standard InChI is InChI=1S/C18H23ClF2N4O3S2/c19-12-6-16(30(27,28)25-18-24-10-17(21)29-18)13(20)7-14(12)23-5-3-1-2-4-11-8-22-9-15(11)26/h6-7,10-11,15,22-23,26H,1-5,8-9H2,(H,24,25)/t11-,15-/m0/s1. The van der Waals surface area contributed by atoms with E-state index in [9.17, 15) is 22.3 Å². The van der Waals surface area contributed by atoms with Crippen molar-refractivity contribution in [3.8, 4) is 0 Å². The second kappa shape index (κ2) is 10.2. The van der Waals surface area contributed by atoms with Crippen molar-refractivity contribution in [2.75, 3.05) is 29.7 Å². The van der Waals surface area contributed by atoms with Gasteiger partial charge < -0.3 is 15.7 Å². The van der Waals surface area contributed by atoms with E-state index in [1.54, 1.807) is 0 Å². The Morgan fingerprint density at radius 3 is 2.73 bits per heavy atom. The first-order chi connectivity index (χ1) is 14.3. The van der Waals surface area contributed by atoms with E-state index >= 15 is 0 Å². The van der Waals surface area contributed by atoms with E-state index in [1.807, 2.05) is 4.72 Å². The number of rotatable bonds is 10. The molecule has 1 aliphatic heterocycles. The molecule has 30 heavy (non-hydrogen) atoms. The minimum absolute atomic E-state index is 0.0576. The second-order valence-electron chi connectivity index (χ2n) is 7.10. The van der Waals surface area contributed by atoms with Crippen molar-refractivity contribution in [3.05, 3.63) is 34.3 Å². The maximum absolute atomic E-state index is 14.4. The molecule has 1 aromatic carbocycles. The molecule has 12 heteroatoms. The van der Waals surface area contributed by atoms with Crippen molar-refractivity contribution in [2.24, 2.45) is 5.92 Å². The summed E-state index contributed by atoms with van der Waals surface area (Å²) >= 11 is 6.62. The molecule has 3 rings (SSSR count). The van der Waals surface area contributed by atoms with E-state index < -0.39 is 25.9 Å². The van der Waals surface area contributed by atoms with Crippen LogP contribution in [0.4, 0.5) is 19.6 Å². The third-order valence-electron chi connectivity index (χ3n) is 4.88. The van der Waals surface area contributed by atoms with Gasteiger partial charge in [0, 0.05) is 19.6 Å². The van der Waals surface area contributed by atoms with Crippen molar-refractivity contribution in [1.82, 2.24) is 10.3 Å². The van der Waals surface area contributed by atoms with Gasteiger partial charge in [-0.05, 0) is 30.9 Å². The molecular weight excluding hydrogens is 458 g/mol. The molecule has 4 N–H and O–H groups in total. The number of sulfonamides is 1. The molecule has 0 radical (unpaired) electrons. The molecule has 0 unspecified atom stereocenters. The van der Waals surface area contributed by atoms with Crippen molar-refractivity contribution in [3.63, 3.8) is 0 Å². The molecule has 2 aromatic rings. The van der Waals surface area contributed by atoms with Gasteiger partial charge in [-0.2, -0.15) is 4.39 Å². The SMILES string of the molecule is O=S(=O)(Nc1ncc(F)s1)c1cc(Cl)c(NCCCCC[C@H]2CNC[C@@H]2O)cc1F. The number of β-amino-alcohol motifs (C(OH)–C–C–N with tert-alkyl or cyclic N) is 1.